The lowest BCUT2D eigenvalue weighted by Crippen LogP contribution is -1.62. The molecular formula is C6H9NS. The van der Waals surface area contributed by atoms with E-state index in [9.17, 15) is 0 Å². The second-order valence-corrected chi connectivity index (χ2v) is 1.93. The number of allylic oxidation sites excluding steroid dienone is 2. The molecule has 0 bridgehead atoms. The summed E-state index contributed by atoms with van der Waals surface area (Å²) in [6, 6.07) is 0. The van der Waals surface area contributed by atoms with Crippen LogP contribution in [0.3, 0.4) is 0 Å². The quantitative estimate of drug-likeness (QED) is 0.417. The highest BCUT2D eigenvalue weighted by atomic mass is 32.2. The minimum absolute atomic E-state index is 0.903. The third-order valence-corrected chi connectivity index (χ3v) is 1.31. The minimum Gasteiger partial charge on any atom is -0.258 e. The molecule has 0 spiro atoms. The Morgan fingerprint density at radius 3 is 2.50 bits per heavy atom. The fourth-order valence-corrected chi connectivity index (χ4v) is 0.648. The van der Waals surface area contributed by atoms with Gasteiger partial charge in [-0.3, -0.25) is 4.99 Å². The second-order valence-electron chi connectivity index (χ2n) is 1.10. The summed E-state index contributed by atoms with van der Waals surface area (Å²) in [5.74, 6) is 0. The van der Waals surface area contributed by atoms with E-state index in [1.807, 2.05) is 12.3 Å². The molecule has 0 unspecified atom stereocenters. The molecular weight excluding hydrogens is 118 g/mol. The van der Waals surface area contributed by atoms with Crippen molar-refractivity contribution < 1.29 is 0 Å². The zero-order valence-electron chi connectivity index (χ0n) is 4.92. The van der Waals surface area contributed by atoms with E-state index >= 15 is 0 Å². The van der Waals surface area contributed by atoms with Crippen LogP contribution >= 0.6 is 11.8 Å². The summed E-state index contributed by atoms with van der Waals surface area (Å²) in [5.41, 5.74) is 0. The largest absolute Gasteiger partial charge is 0.258 e. The van der Waals surface area contributed by atoms with Gasteiger partial charge < -0.3 is 0 Å². The highest BCUT2D eigenvalue weighted by molar-refractivity contribution is 8.02. The van der Waals surface area contributed by atoms with Gasteiger partial charge in [-0.1, -0.05) is 12.7 Å². The lowest BCUT2D eigenvalue weighted by atomic mass is 10.6. The summed E-state index contributed by atoms with van der Waals surface area (Å²) in [4.78, 5) is 3.70. The van der Waals surface area contributed by atoms with Gasteiger partial charge in [-0.25, -0.2) is 0 Å². The molecule has 0 atom stereocenters. The molecule has 8 heavy (non-hydrogen) atoms. The summed E-state index contributed by atoms with van der Waals surface area (Å²) in [7, 11) is 0. The van der Waals surface area contributed by atoms with E-state index in [-0.39, 0.29) is 0 Å². The molecule has 0 saturated heterocycles. The van der Waals surface area contributed by atoms with Crippen LogP contribution in [0.25, 0.3) is 0 Å². The Morgan fingerprint density at radius 1 is 1.75 bits per heavy atom. The predicted octanol–water partition coefficient (Wildman–Crippen LogP) is 2.08. The average molecular weight is 127 g/mol. The minimum atomic E-state index is 0.903. The van der Waals surface area contributed by atoms with E-state index in [2.05, 4.69) is 18.3 Å². The standard InChI is InChI=1S/C6H9NS/c1-4-5-6(7-2)8-3/h4-5H,1-2H2,3H3/b6-5+. The molecule has 0 saturated carbocycles. The second kappa shape index (κ2) is 4.65. The van der Waals surface area contributed by atoms with E-state index in [1.54, 1.807) is 17.8 Å². The van der Waals surface area contributed by atoms with Crippen molar-refractivity contribution in [2.24, 2.45) is 4.99 Å². The summed E-state index contributed by atoms with van der Waals surface area (Å²) in [5, 5.41) is 0.903. The van der Waals surface area contributed by atoms with Crippen LogP contribution in [0.2, 0.25) is 0 Å². The van der Waals surface area contributed by atoms with E-state index in [4.69, 9.17) is 0 Å². The summed E-state index contributed by atoms with van der Waals surface area (Å²) >= 11 is 1.56. The molecule has 0 aromatic carbocycles. The van der Waals surface area contributed by atoms with Crippen molar-refractivity contribution in [2.45, 2.75) is 0 Å². The van der Waals surface area contributed by atoms with Crippen LogP contribution in [0.5, 0.6) is 0 Å². The highest BCUT2D eigenvalue weighted by Crippen LogP contribution is 2.10. The Morgan fingerprint density at radius 2 is 2.38 bits per heavy atom. The first kappa shape index (κ1) is 7.50. The first-order valence-electron chi connectivity index (χ1n) is 2.18. The lowest BCUT2D eigenvalue weighted by Gasteiger charge is -1.88. The van der Waals surface area contributed by atoms with Gasteiger partial charge in [-0.2, -0.15) is 0 Å². The summed E-state index contributed by atoms with van der Waals surface area (Å²) < 4.78 is 0. The van der Waals surface area contributed by atoms with Crippen LogP contribution in [0.1, 0.15) is 0 Å². The molecule has 2 heteroatoms. The molecule has 0 N–H and O–H groups in total. The lowest BCUT2D eigenvalue weighted by molar-refractivity contribution is 1.56. The molecule has 0 aliphatic carbocycles. The van der Waals surface area contributed by atoms with E-state index in [0.29, 0.717) is 0 Å². The van der Waals surface area contributed by atoms with Crippen molar-refractivity contribution in [2.75, 3.05) is 6.26 Å². The van der Waals surface area contributed by atoms with Gasteiger partial charge in [-0.15, -0.1) is 11.8 Å². The summed E-state index contributed by atoms with van der Waals surface area (Å²) in [6.45, 7) is 6.88. The zero-order valence-corrected chi connectivity index (χ0v) is 5.74. The maximum absolute atomic E-state index is 3.70. The molecule has 1 nitrogen and oxygen atoms in total. The molecule has 0 heterocycles. The van der Waals surface area contributed by atoms with Crippen LogP contribution in [-0.4, -0.2) is 13.0 Å². The molecule has 0 aromatic rings. The fraction of sp³-hybridized carbons (Fsp3) is 0.167. The molecule has 0 amide bonds. The van der Waals surface area contributed by atoms with Gasteiger partial charge in [0.05, 0.1) is 5.03 Å². The first-order valence-corrected chi connectivity index (χ1v) is 3.41. The van der Waals surface area contributed by atoms with Gasteiger partial charge in [0, 0.05) is 0 Å². The maximum atomic E-state index is 3.70. The van der Waals surface area contributed by atoms with E-state index in [1.165, 1.54) is 0 Å². The molecule has 0 fully saturated rings. The molecule has 0 aliphatic heterocycles. The highest BCUT2D eigenvalue weighted by Gasteiger charge is 1.81. The van der Waals surface area contributed by atoms with Crippen molar-refractivity contribution in [1.82, 2.24) is 0 Å². The van der Waals surface area contributed by atoms with Crippen LogP contribution < -0.4 is 0 Å². The van der Waals surface area contributed by atoms with Crippen molar-refractivity contribution in [3.8, 4) is 0 Å². The number of thioether (sulfide) groups is 1. The Balaban J connectivity index is 3.84. The molecule has 0 aliphatic rings. The van der Waals surface area contributed by atoms with Crippen LogP contribution in [0, 0.1) is 0 Å². The molecule has 44 valence electrons. The van der Waals surface area contributed by atoms with Crippen molar-refractivity contribution in [3.05, 3.63) is 23.8 Å². The number of hydrogen-bond acceptors (Lipinski definition) is 2. The smallest absolute Gasteiger partial charge is 0.0949 e. The average Bonchev–Trinajstić information content (AvgIpc) is 1.83. The Hall–Kier alpha value is -0.500. The van der Waals surface area contributed by atoms with Gasteiger partial charge in [0.15, 0.2) is 0 Å². The number of nitrogens with zero attached hydrogens (tertiary/aromatic N) is 1. The molecule has 0 rings (SSSR count). The number of aliphatic imine (C=N–C) groups is 1. The first-order chi connectivity index (χ1) is 3.85. The molecule has 0 aromatic heterocycles. The van der Waals surface area contributed by atoms with Crippen molar-refractivity contribution >= 4 is 18.5 Å². The monoisotopic (exact) mass is 127 g/mol. The van der Waals surface area contributed by atoms with Gasteiger partial charge in [0.1, 0.15) is 0 Å². The Kier molecular flexibility index (Phi) is 4.36. The van der Waals surface area contributed by atoms with Crippen molar-refractivity contribution in [3.63, 3.8) is 0 Å². The van der Waals surface area contributed by atoms with Gasteiger partial charge in [0.25, 0.3) is 0 Å². The SMILES string of the molecule is C=C/C=C(\N=C)SC. The topological polar surface area (TPSA) is 12.4 Å². The Bertz CT molecular complexity index is 116. The number of hydrogen-bond donors (Lipinski definition) is 0. The zero-order chi connectivity index (χ0) is 6.41. The van der Waals surface area contributed by atoms with Gasteiger partial charge in [-0.05, 0) is 19.0 Å². The van der Waals surface area contributed by atoms with E-state index in [0.717, 1.165) is 5.03 Å². The maximum Gasteiger partial charge on any atom is 0.0949 e. The third-order valence-electron chi connectivity index (χ3n) is 0.625. The van der Waals surface area contributed by atoms with Crippen LogP contribution in [0.15, 0.2) is 28.8 Å². The predicted molar refractivity (Wildman–Crippen MR) is 41.3 cm³/mol. The van der Waals surface area contributed by atoms with Crippen LogP contribution in [0.4, 0.5) is 0 Å². The van der Waals surface area contributed by atoms with Crippen LogP contribution in [-0.2, 0) is 0 Å². The third kappa shape index (κ3) is 2.64. The van der Waals surface area contributed by atoms with Crippen molar-refractivity contribution in [1.29, 1.82) is 0 Å². The normalized spacial score (nSPS) is 10.9. The van der Waals surface area contributed by atoms with Gasteiger partial charge in [0.2, 0.25) is 0 Å². The van der Waals surface area contributed by atoms with Gasteiger partial charge >= 0.3 is 0 Å². The molecule has 0 radical (unpaired) electrons. The van der Waals surface area contributed by atoms with E-state index < -0.39 is 0 Å². The fourth-order valence-electron chi connectivity index (χ4n) is 0.286. The number of rotatable bonds is 3. The Labute approximate surface area is 54.2 Å². The summed E-state index contributed by atoms with van der Waals surface area (Å²) in [6.07, 6.45) is 5.46.